The minimum atomic E-state index is -0.898. The van der Waals surface area contributed by atoms with Crippen LogP contribution in [0.4, 0.5) is 5.82 Å². The Morgan fingerprint density at radius 1 is 1.18 bits per heavy atom. The first kappa shape index (κ1) is 26.5. The molecule has 0 bridgehead atoms. The molecule has 4 aromatic rings. The fourth-order valence-electron chi connectivity index (χ4n) is 4.90. The lowest BCUT2D eigenvalue weighted by Gasteiger charge is -2.37. The van der Waals surface area contributed by atoms with Crippen molar-refractivity contribution in [1.82, 2.24) is 20.4 Å². The maximum atomic E-state index is 10.1. The Hall–Kier alpha value is -4.08. The highest BCUT2D eigenvalue weighted by molar-refractivity contribution is 6.07. The number of nitrogens with one attached hydrogen (secondary N) is 2. The van der Waals surface area contributed by atoms with Gasteiger partial charge in [-0.05, 0) is 51.0 Å². The molecule has 0 spiro atoms. The van der Waals surface area contributed by atoms with Gasteiger partial charge in [0.15, 0.2) is 5.82 Å². The van der Waals surface area contributed by atoms with Gasteiger partial charge in [-0.15, -0.1) is 0 Å². The molecule has 1 fully saturated rings. The molecule has 0 amide bonds. The van der Waals surface area contributed by atoms with Gasteiger partial charge in [-0.25, -0.2) is 9.97 Å². The number of hydrogen-bond donors (Lipinski definition) is 3. The van der Waals surface area contributed by atoms with Crippen LogP contribution in [0.15, 0.2) is 59.3 Å². The molecule has 0 radical (unpaired) electrons. The van der Waals surface area contributed by atoms with Crippen LogP contribution in [0, 0.1) is 19.3 Å². The quantitative estimate of drug-likeness (QED) is 0.279. The highest BCUT2D eigenvalue weighted by Crippen LogP contribution is 2.37. The number of benzene rings is 2. The Labute approximate surface area is 228 Å². The standard InChI is InChI=1S/C30H34N6O3/c1-19-27(20(2)39-35-19)22-10-11-25-24(14-22)29(34-28(33-25)23(15-31)16-32-18-30(3,4)37)36-12-13-38-17-26(36)21-8-6-5-7-9-21/h5-11,14-16,26,31-32,37H,12-13,17-18H2,1-4H3/b23-16+,31-15?. The van der Waals surface area contributed by atoms with Gasteiger partial charge in [0, 0.05) is 36.5 Å². The molecular formula is C30H34N6O3. The molecule has 1 aliphatic heterocycles. The zero-order valence-electron chi connectivity index (χ0n) is 22.7. The lowest BCUT2D eigenvalue weighted by molar-refractivity contribution is 0.0836. The Morgan fingerprint density at radius 2 is 1.97 bits per heavy atom. The van der Waals surface area contributed by atoms with Crippen LogP contribution in [0.5, 0.6) is 0 Å². The first-order valence-electron chi connectivity index (χ1n) is 13.1. The summed E-state index contributed by atoms with van der Waals surface area (Å²) < 4.78 is 11.4. The molecule has 2 aromatic carbocycles. The molecule has 0 aliphatic carbocycles. The summed E-state index contributed by atoms with van der Waals surface area (Å²) in [6.45, 7) is 9.39. The van der Waals surface area contributed by atoms with Crippen molar-refractivity contribution in [3.8, 4) is 11.1 Å². The van der Waals surface area contributed by atoms with E-state index in [0.29, 0.717) is 37.7 Å². The summed E-state index contributed by atoms with van der Waals surface area (Å²) in [6.07, 6.45) is 2.91. The zero-order chi connectivity index (χ0) is 27.6. The molecule has 39 heavy (non-hydrogen) atoms. The lowest BCUT2D eigenvalue weighted by Crippen LogP contribution is -2.40. The van der Waals surface area contributed by atoms with Gasteiger partial charge >= 0.3 is 0 Å². The minimum absolute atomic E-state index is 0.0330. The zero-order valence-corrected chi connectivity index (χ0v) is 22.7. The summed E-state index contributed by atoms with van der Waals surface area (Å²) in [7, 11) is 0. The van der Waals surface area contributed by atoms with Gasteiger partial charge < -0.3 is 30.0 Å². The normalized spacial score (nSPS) is 16.5. The number of rotatable bonds is 8. The number of aromatic nitrogens is 3. The second-order valence-electron chi connectivity index (χ2n) is 10.4. The molecule has 3 heterocycles. The van der Waals surface area contributed by atoms with E-state index in [1.807, 2.05) is 44.2 Å². The van der Waals surface area contributed by atoms with E-state index >= 15 is 0 Å². The second-order valence-corrected chi connectivity index (χ2v) is 10.4. The molecule has 9 heteroatoms. The van der Waals surface area contributed by atoms with Gasteiger partial charge in [0.05, 0.1) is 41.6 Å². The number of allylic oxidation sites excluding steroid dienone is 1. The first-order chi connectivity index (χ1) is 18.7. The van der Waals surface area contributed by atoms with Gasteiger partial charge in [-0.2, -0.15) is 0 Å². The lowest BCUT2D eigenvalue weighted by atomic mass is 10.0. The van der Waals surface area contributed by atoms with E-state index < -0.39 is 5.60 Å². The van der Waals surface area contributed by atoms with E-state index in [1.54, 1.807) is 20.0 Å². The molecule has 1 atom stereocenters. The Bertz CT molecular complexity index is 1490. The number of hydrogen-bond acceptors (Lipinski definition) is 9. The summed E-state index contributed by atoms with van der Waals surface area (Å²) in [5.74, 6) is 1.96. The number of morpholine rings is 1. The van der Waals surface area contributed by atoms with Gasteiger partial charge in [0.2, 0.25) is 0 Å². The number of nitrogens with zero attached hydrogens (tertiary/aromatic N) is 4. The van der Waals surface area contributed by atoms with Crippen molar-refractivity contribution < 1.29 is 14.4 Å². The smallest absolute Gasteiger partial charge is 0.165 e. The molecular weight excluding hydrogens is 492 g/mol. The average molecular weight is 527 g/mol. The number of anilines is 1. The number of fused-ring (bicyclic) bond motifs is 1. The van der Waals surface area contributed by atoms with Crippen molar-refractivity contribution in [2.45, 2.75) is 39.3 Å². The maximum Gasteiger partial charge on any atom is 0.165 e. The maximum absolute atomic E-state index is 10.1. The van der Waals surface area contributed by atoms with Crippen LogP contribution in [0.25, 0.3) is 27.6 Å². The van der Waals surface area contributed by atoms with Crippen LogP contribution >= 0.6 is 0 Å². The third kappa shape index (κ3) is 5.69. The molecule has 1 aliphatic rings. The van der Waals surface area contributed by atoms with Crippen molar-refractivity contribution in [3.63, 3.8) is 0 Å². The second kappa shape index (κ2) is 11.0. The summed E-state index contributed by atoms with van der Waals surface area (Å²) in [5.41, 5.74) is 4.29. The van der Waals surface area contributed by atoms with Crippen molar-refractivity contribution >= 4 is 28.5 Å². The predicted molar refractivity (Wildman–Crippen MR) is 153 cm³/mol. The summed E-state index contributed by atoms with van der Waals surface area (Å²) in [4.78, 5) is 12.2. The van der Waals surface area contributed by atoms with Gasteiger partial charge in [0.1, 0.15) is 11.6 Å². The van der Waals surface area contributed by atoms with Crippen LogP contribution in [-0.4, -0.2) is 58.4 Å². The summed E-state index contributed by atoms with van der Waals surface area (Å²) >= 11 is 0. The number of aryl methyl sites for hydroxylation is 2. The van der Waals surface area contributed by atoms with Crippen LogP contribution < -0.4 is 10.2 Å². The van der Waals surface area contributed by atoms with Crippen molar-refractivity contribution in [2.75, 3.05) is 31.2 Å². The van der Waals surface area contributed by atoms with E-state index in [-0.39, 0.29) is 6.04 Å². The Kier molecular flexibility index (Phi) is 7.45. The third-order valence-corrected chi connectivity index (χ3v) is 6.79. The average Bonchev–Trinajstić information content (AvgIpc) is 3.27. The van der Waals surface area contributed by atoms with E-state index in [4.69, 9.17) is 24.6 Å². The van der Waals surface area contributed by atoms with Crippen molar-refractivity contribution in [2.24, 2.45) is 0 Å². The van der Waals surface area contributed by atoms with Crippen LogP contribution in [0.1, 0.15) is 42.7 Å². The highest BCUT2D eigenvalue weighted by atomic mass is 16.5. The van der Waals surface area contributed by atoms with E-state index in [9.17, 15) is 5.11 Å². The molecule has 0 saturated carbocycles. The topological polar surface area (TPSA) is 120 Å². The fraction of sp³-hybridized carbons (Fsp3) is 0.333. The molecule has 1 unspecified atom stereocenters. The first-order valence-corrected chi connectivity index (χ1v) is 13.1. The Morgan fingerprint density at radius 3 is 2.67 bits per heavy atom. The summed E-state index contributed by atoms with van der Waals surface area (Å²) in [5, 5.41) is 26.3. The van der Waals surface area contributed by atoms with Gasteiger partial charge in [-0.1, -0.05) is 41.6 Å². The van der Waals surface area contributed by atoms with E-state index in [1.165, 1.54) is 6.21 Å². The number of aliphatic hydroxyl groups is 1. The van der Waals surface area contributed by atoms with Crippen LogP contribution in [0.2, 0.25) is 0 Å². The summed E-state index contributed by atoms with van der Waals surface area (Å²) in [6, 6.07) is 16.3. The largest absolute Gasteiger partial charge is 0.389 e. The van der Waals surface area contributed by atoms with Crippen LogP contribution in [-0.2, 0) is 4.74 Å². The van der Waals surface area contributed by atoms with E-state index in [2.05, 4.69) is 33.6 Å². The Balaban J connectivity index is 1.68. The van der Waals surface area contributed by atoms with E-state index in [0.717, 1.165) is 44.9 Å². The van der Waals surface area contributed by atoms with Crippen molar-refractivity contribution in [3.05, 3.63) is 77.6 Å². The van der Waals surface area contributed by atoms with Crippen LogP contribution in [0.3, 0.4) is 0 Å². The molecule has 3 N–H and O–H groups in total. The van der Waals surface area contributed by atoms with Crippen molar-refractivity contribution in [1.29, 1.82) is 5.41 Å². The fourth-order valence-corrected chi connectivity index (χ4v) is 4.90. The van der Waals surface area contributed by atoms with Gasteiger partial charge in [-0.3, -0.25) is 0 Å². The minimum Gasteiger partial charge on any atom is -0.389 e. The monoisotopic (exact) mass is 526 g/mol. The molecule has 9 nitrogen and oxygen atoms in total. The third-order valence-electron chi connectivity index (χ3n) is 6.79. The molecule has 5 rings (SSSR count). The SMILES string of the molecule is Cc1noc(C)c1-c1ccc2nc(/C(C=N)=C/NCC(C)(C)O)nc(N3CCOCC3c3ccccc3)c2c1. The molecule has 1 saturated heterocycles. The highest BCUT2D eigenvalue weighted by Gasteiger charge is 2.28. The molecule has 2 aromatic heterocycles. The molecule has 202 valence electrons. The number of ether oxygens (including phenoxy) is 1. The predicted octanol–water partition coefficient (Wildman–Crippen LogP) is 4.83. The van der Waals surface area contributed by atoms with Gasteiger partial charge in [0.25, 0.3) is 0 Å².